The van der Waals surface area contributed by atoms with Crippen LogP contribution in [0, 0.1) is 0 Å². The average molecular weight is 180 g/mol. The lowest BCUT2D eigenvalue weighted by Gasteiger charge is -1.94. The second-order valence-electron chi connectivity index (χ2n) is 2.42. The summed E-state index contributed by atoms with van der Waals surface area (Å²) in [5, 5.41) is 0.577. The summed E-state index contributed by atoms with van der Waals surface area (Å²) in [5.74, 6) is 0.907. The first-order valence-electron chi connectivity index (χ1n) is 3.46. The molecule has 0 aliphatic rings. The maximum absolute atomic E-state index is 5.51. The number of anilines is 1. The lowest BCUT2D eigenvalue weighted by molar-refractivity contribution is 0.927. The molecule has 0 bridgehead atoms. The minimum atomic E-state index is 0.577. The molecule has 0 aliphatic carbocycles. The molecule has 0 atom stereocenters. The quantitative estimate of drug-likeness (QED) is 0.715. The lowest BCUT2D eigenvalue weighted by atomic mass is 10.5. The molecule has 12 heavy (non-hydrogen) atoms. The van der Waals surface area contributed by atoms with E-state index < -0.39 is 0 Å². The molecular formula is C7H8N4S. The largest absolute Gasteiger partial charge is 0.375 e. The molecule has 62 valence electrons. The Morgan fingerprint density at radius 3 is 2.83 bits per heavy atom. The highest BCUT2D eigenvalue weighted by atomic mass is 32.1. The third-order valence-electron chi connectivity index (χ3n) is 1.57. The highest BCUT2D eigenvalue weighted by Crippen LogP contribution is 2.24. The molecule has 0 spiro atoms. The highest BCUT2D eigenvalue weighted by molar-refractivity contribution is 7.18. The number of hydrogen-bond donors (Lipinski definition) is 1. The van der Waals surface area contributed by atoms with Crippen LogP contribution in [0.5, 0.6) is 0 Å². The Bertz CT molecular complexity index is 390. The van der Waals surface area contributed by atoms with Crippen LogP contribution in [0.3, 0.4) is 0 Å². The van der Waals surface area contributed by atoms with E-state index >= 15 is 0 Å². The Balaban J connectivity index is 2.50. The molecular weight excluding hydrogens is 172 g/mol. The first-order valence-corrected chi connectivity index (χ1v) is 4.28. The van der Waals surface area contributed by atoms with Crippen molar-refractivity contribution in [1.29, 1.82) is 0 Å². The monoisotopic (exact) mass is 180 g/mol. The Hall–Kier alpha value is -1.36. The first-order chi connectivity index (χ1) is 5.77. The predicted molar refractivity (Wildman–Crippen MR) is 48.7 cm³/mol. The first kappa shape index (κ1) is 7.30. The number of aryl methyl sites for hydroxylation is 1. The van der Waals surface area contributed by atoms with Crippen LogP contribution in [0.1, 0.15) is 0 Å². The van der Waals surface area contributed by atoms with Gasteiger partial charge in [0.1, 0.15) is 0 Å². The van der Waals surface area contributed by atoms with Crippen molar-refractivity contribution in [2.75, 3.05) is 5.73 Å². The zero-order chi connectivity index (χ0) is 8.55. The van der Waals surface area contributed by atoms with Crippen LogP contribution in [0.2, 0.25) is 0 Å². The van der Waals surface area contributed by atoms with Gasteiger partial charge in [-0.2, -0.15) is 0 Å². The standard InChI is InChI=1S/C7H8N4S/c1-11-3-2-9-6(11)5-4-10-7(8)12-5/h2-4H,1H3,(H2,8,10). The van der Waals surface area contributed by atoms with Crippen LogP contribution in [-0.4, -0.2) is 14.5 Å². The van der Waals surface area contributed by atoms with E-state index in [1.807, 2.05) is 17.8 Å². The van der Waals surface area contributed by atoms with E-state index in [0.717, 1.165) is 10.7 Å². The number of nitrogens with two attached hydrogens (primary N) is 1. The van der Waals surface area contributed by atoms with E-state index in [1.165, 1.54) is 11.3 Å². The van der Waals surface area contributed by atoms with Gasteiger partial charge in [0.15, 0.2) is 11.0 Å². The van der Waals surface area contributed by atoms with Crippen LogP contribution in [0.15, 0.2) is 18.6 Å². The van der Waals surface area contributed by atoms with Crippen LogP contribution in [0.4, 0.5) is 5.13 Å². The van der Waals surface area contributed by atoms with E-state index in [1.54, 1.807) is 12.4 Å². The Morgan fingerprint density at radius 1 is 1.50 bits per heavy atom. The molecule has 0 unspecified atom stereocenters. The maximum Gasteiger partial charge on any atom is 0.180 e. The van der Waals surface area contributed by atoms with Crippen molar-refractivity contribution in [3.05, 3.63) is 18.6 Å². The number of thiazole rings is 1. The molecule has 2 N–H and O–H groups in total. The smallest absolute Gasteiger partial charge is 0.180 e. The molecule has 0 aliphatic heterocycles. The summed E-state index contributed by atoms with van der Waals surface area (Å²) >= 11 is 1.44. The number of aromatic nitrogens is 3. The average Bonchev–Trinajstić information content (AvgIpc) is 2.58. The van der Waals surface area contributed by atoms with Crippen LogP contribution < -0.4 is 5.73 Å². The molecule has 0 saturated carbocycles. The van der Waals surface area contributed by atoms with Gasteiger partial charge in [-0.15, -0.1) is 0 Å². The van der Waals surface area contributed by atoms with Gasteiger partial charge in [-0.25, -0.2) is 9.97 Å². The van der Waals surface area contributed by atoms with Crippen molar-refractivity contribution >= 4 is 16.5 Å². The van der Waals surface area contributed by atoms with Crippen molar-refractivity contribution in [1.82, 2.24) is 14.5 Å². The number of nitrogens with zero attached hydrogens (tertiary/aromatic N) is 3. The fourth-order valence-corrected chi connectivity index (χ4v) is 1.72. The van der Waals surface area contributed by atoms with Crippen molar-refractivity contribution < 1.29 is 0 Å². The normalized spacial score (nSPS) is 10.4. The van der Waals surface area contributed by atoms with Crippen LogP contribution in [0.25, 0.3) is 10.7 Å². The fraction of sp³-hybridized carbons (Fsp3) is 0.143. The summed E-state index contributed by atoms with van der Waals surface area (Å²) in [4.78, 5) is 9.13. The molecule has 0 fully saturated rings. The maximum atomic E-state index is 5.51. The summed E-state index contributed by atoms with van der Waals surface area (Å²) in [6.07, 6.45) is 5.39. The number of nitrogen functional groups attached to an aromatic ring is 1. The van der Waals surface area contributed by atoms with Gasteiger partial charge in [-0.3, -0.25) is 0 Å². The van der Waals surface area contributed by atoms with Crippen LogP contribution >= 0.6 is 11.3 Å². The SMILES string of the molecule is Cn1ccnc1-c1cnc(N)s1. The zero-order valence-electron chi connectivity index (χ0n) is 6.56. The van der Waals surface area contributed by atoms with Crippen LogP contribution in [-0.2, 0) is 7.05 Å². The van der Waals surface area contributed by atoms with E-state index in [4.69, 9.17) is 5.73 Å². The molecule has 2 rings (SSSR count). The van der Waals surface area contributed by atoms with Crippen molar-refractivity contribution in [2.24, 2.45) is 7.05 Å². The molecule has 5 heteroatoms. The Labute approximate surface area is 73.7 Å². The predicted octanol–water partition coefficient (Wildman–Crippen LogP) is 1.13. The molecule has 0 radical (unpaired) electrons. The third kappa shape index (κ3) is 1.08. The molecule has 2 heterocycles. The van der Waals surface area contributed by atoms with E-state index in [9.17, 15) is 0 Å². The van der Waals surface area contributed by atoms with Crippen molar-refractivity contribution in [2.45, 2.75) is 0 Å². The molecule has 2 aromatic heterocycles. The molecule has 0 aromatic carbocycles. The molecule has 4 nitrogen and oxygen atoms in total. The van der Waals surface area contributed by atoms with E-state index in [0.29, 0.717) is 5.13 Å². The fourth-order valence-electron chi connectivity index (χ4n) is 0.994. The molecule has 0 amide bonds. The zero-order valence-corrected chi connectivity index (χ0v) is 7.38. The van der Waals surface area contributed by atoms with Gasteiger partial charge in [-0.1, -0.05) is 11.3 Å². The van der Waals surface area contributed by atoms with Crippen molar-refractivity contribution in [3.8, 4) is 10.7 Å². The molecule has 0 saturated heterocycles. The minimum absolute atomic E-state index is 0.577. The number of rotatable bonds is 1. The highest BCUT2D eigenvalue weighted by Gasteiger charge is 2.05. The van der Waals surface area contributed by atoms with E-state index in [2.05, 4.69) is 9.97 Å². The van der Waals surface area contributed by atoms with Gasteiger partial charge in [0, 0.05) is 19.4 Å². The summed E-state index contributed by atoms with van der Waals surface area (Å²) in [5.41, 5.74) is 5.51. The third-order valence-corrected chi connectivity index (χ3v) is 2.39. The Kier molecular flexibility index (Phi) is 1.58. The number of hydrogen-bond acceptors (Lipinski definition) is 4. The summed E-state index contributed by atoms with van der Waals surface area (Å²) in [6, 6.07) is 0. The molecule has 2 aromatic rings. The summed E-state index contributed by atoms with van der Waals surface area (Å²) < 4.78 is 1.94. The van der Waals surface area contributed by atoms with Gasteiger partial charge < -0.3 is 10.3 Å². The lowest BCUT2D eigenvalue weighted by Crippen LogP contribution is -1.87. The van der Waals surface area contributed by atoms with Gasteiger partial charge in [-0.05, 0) is 0 Å². The second kappa shape index (κ2) is 2.60. The van der Waals surface area contributed by atoms with Gasteiger partial charge >= 0.3 is 0 Å². The topological polar surface area (TPSA) is 56.7 Å². The summed E-state index contributed by atoms with van der Waals surface area (Å²) in [6.45, 7) is 0. The van der Waals surface area contributed by atoms with Gasteiger partial charge in [0.05, 0.1) is 11.1 Å². The van der Waals surface area contributed by atoms with E-state index in [-0.39, 0.29) is 0 Å². The minimum Gasteiger partial charge on any atom is -0.375 e. The summed E-state index contributed by atoms with van der Waals surface area (Å²) in [7, 11) is 1.94. The second-order valence-corrected chi connectivity index (χ2v) is 3.49. The number of imidazole rings is 1. The Morgan fingerprint density at radius 2 is 2.33 bits per heavy atom. The van der Waals surface area contributed by atoms with Gasteiger partial charge in [0.25, 0.3) is 0 Å². The van der Waals surface area contributed by atoms with Gasteiger partial charge in [0.2, 0.25) is 0 Å². The van der Waals surface area contributed by atoms with Crippen molar-refractivity contribution in [3.63, 3.8) is 0 Å².